The molecule has 0 saturated carbocycles. The number of aryl methyl sites for hydroxylation is 2. The number of nitro groups is 1. The summed E-state index contributed by atoms with van der Waals surface area (Å²) in [6.07, 6.45) is 3.34. The van der Waals surface area contributed by atoms with Crippen molar-refractivity contribution in [1.29, 1.82) is 0 Å². The van der Waals surface area contributed by atoms with Crippen LogP contribution in [0.1, 0.15) is 22.8 Å². The maximum absolute atomic E-state index is 12.8. The highest BCUT2D eigenvalue weighted by atomic mass is 16.6. The summed E-state index contributed by atoms with van der Waals surface area (Å²) in [7, 11) is 7.68. The lowest BCUT2D eigenvalue weighted by atomic mass is 10.1. The van der Waals surface area contributed by atoms with E-state index < -0.39 is 10.9 Å². The van der Waals surface area contributed by atoms with Crippen molar-refractivity contribution in [1.82, 2.24) is 19.4 Å². The number of aromatic nitrogens is 3. The van der Waals surface area contributed by atoms with E-state index in [2.05, 4.69) is 10.3 Å². The number of esters is 1. The number of carbonyl (C=O) groups is 1. The fourth-order valence-corrected chi connectivity index (χ4v) is 4.39. The molecule has 39 heavy (non-hydrogen) atoms. The van der Waals surface area contributed by atoms with E-state index >= 15 is 0 Å². The van der Waals surface area contributed by atoms with Crippen molar-refractivity contribution in [2.24, 2.45) is 7.05 Å². The summed E-state index contributed by atoms with van der Waals surface area (Å²) in [5.41, 5.74) is 4.17. The second kappa shape index (κ2) is 11.5. The quantitative estimate of drug-likeness (QED) is 0.175. The van der Waals surface area contributed by atoms with Gasteiger partial charge in [-0.2, -0.15) is 0 Å². The van der Waals surface area contributed by atoms with Crippen LogP contribution in [0.2, 0.25) is 0 Å². The molecule has 2 aromatic heterocycles. The molecule has 1 N–H and O–H groups in total. The molecule has 0 radical (unpaired) electrons. The average Bonchev–Trinajstić information content (AvgIpc) is 3.24. The van der Waals surface area contributed by atoms with Crippen molar-refractivity contribution in [3.05, 3.63) is 70.0 Å². The summed E-state index contributed by atoms with van der Waals surface area (Å²) < 4.78 is 7.24. The van der Waals surface area contributed by atoms with Gasteiger partial charge in [-0.3, -0.25) is 10.1 Å². The third-order valence-corrected chi connectivity index (χ3v) is 6.49. The first-order chi connectivity index (χ1) is 18.6. The Hall–Kier alpha value is -4.51. The summed E-state index contributed by atoms with van der Waals surface area (Å²) in [6, 6.07) is 11.1. The first-order valence-electron chi connectivity index (χ1n) is 12.6. The first kappa shape index (κ1) is 27.5. The summed E-state index contributed by atoms with van der Waals surface area (Å²) in [4.78, 5) is 37.4. The van der Waals surface area contributed by atoms with Crippen LogP contribution >= 0.6 is 0 Å². The molecule has 0 bridgehead atoms. The number of nitrogens with zero attached hydrogens (tertiary/aromatic N) is 6. The molecule has 0 aliphatic heterocycles. The van der Waals surface area contributed by atoms with Crippen molar-refractivity contribution in [3.63, 3.8) is 0 Å². The van der Waals surface area contributed by atoms with Crippen LogP contribution in [0, 0.1) is 17.0 Å². The summed E-state index contributed by atoms with van der Waals surface area (Å²) in [6.45, 7) is 5.21. The largest absolute Gasteiger partial charge is 0.462 e. The zero-order valence-electron chi connectivity index (χ0n) is 23.1. The minimum atomic E-state index is -0.524. The van der Waals surface area contributed by atoms with Gasteiger partial charge in [-0.05, 0) is 45.6 Å². The number of hydrogen-bond donors (Lipinski definition) is 1. The summed E-state index contributed by atoms with van der Waals surface area (Å²) in [5.74, 6) is -0.319. The fourth-order valence-electron chi connectivity index (χ4n) is 4.39. The summed E-state index contributed by atoms with van der Waals surface area (Å²) >= 11 is 0. The number of nitrogens with one attached hydrogen (secondary N) is 1. The number of fused-ring (bicyclic) bond motifs is 1. The Bertz CT molecular complexity index is 1530. The molecule has 0 saturated heterocycles. The van der Waals surface area contributed by atoms with Crippen LogP contribution in [0.3, 0.4) is 0 Å². The van der Waals surface area contributed by atoms with Crippen LogP contribution in [0.5, 0.6) is 0 Å². The number of likely N-dealkylation sites (N-methyl/N-ethyl adjacent to an activating group) is 2. The molecule has 0 aliphatic carbocycles. The van der Waals surface area contributed by atoms with Gasteiger partial charge >= 0.3 is 5.97 Å². The number of ether oxygens (including phenoxy) is 1. The second-order valence-electron chi connectivity index (χ2n) is 9.61. The number of carbonyl (C=O) groups excluding carboxylic acids is 1. The first-order valence-corrected chi connectivity index (χ1v) is 12.6. The van der Waals surface area contributed by atoms with E-state index in [1.807, 2.05) is 79.9 Å². The molecular formula is C28H33N7O4. The highest BCUT2D eigenvalue weighted by molar-refractivity contribution is 6.03. The maximum atomic E-state index is 12.8. The van der Waals surface area contributed by atoms with Crippen molar-refractivity contribution in [2.45, 2.75) is 13.8 Å². The van der Waals surface area contributed by atoms with Crippen LogP contribution in [-0.4, -0.2) is 71.2 Å². The van der Waals surface area contributed by atoms with Gasteiger partial charge in [0.1, 0.15) is 11.3 Å². The van der Waals surface area contributed by atoms with E-state index in [0.717, 1.165) is 28.6 Å². The number of hydrogen-bond acceptors (Lipinski definition) is 9. The Balaban J connectivity index is 1.77. The molecule has 0 unspecified atom stereocenters. The zero-order chi connectivity index (χ0) is 28.3. The number of benzene rings is 2. The lowest BCUT2D eigenvalue weighted by Crippen LogP contribution is -2.29. The normalized spacial score (nSPS) is 11.2. The molecule has 0 amide bonds. The second-order valence-corrected chi connectivity index (χ2v) is 9.61. The SMILES string of the molecule is CCOC(=O)c1cnc(Nc2cc([N+](=O)[O-])c(N(C)CCN(C)C)cc2C)nc1-c1cn(C)c2ccccc12. The van der Waals surface area contributed by atoms with Crippen LogP contribution in [0.15, 0.2) is 48.8 Å². The molecule has 4 rings (SSSR count). The Labute approximate surface area is 227 Å². The smallest absolute Gasteiger partial charge is 0.341 e. The molecule has 0 spiro atoms. The minimum absolute atomic E-state index is 0.0261. The standard InChI is InChI=1S/C28H33N7O4/c1-7-39-27(36)20-16-29-28(31-26(20)21-17-34(6)23-11-9-8-10-19(21)23)30-22-15-25(35(37)38)24(14-18(22)2)33(5)13-12-32(3)4/h8-11,14-17H,7,12-13H2,1-6H3,(H,29,30,31). The Morgan fingerprint density at radius 3 is 2.62 bits per heavy atom. The van der Waals surface area contributed by atoms with Crippen LogP contribution < -0.4 is 10.2 Å². The van der Waals surface area contributed by atoms with E-state index in [4.69, 9.17) is 9.72 Å². The molecule has 4 aromatic rings. The van der Waals surface area contributed by atoms with E-state index in [1.165, 1.54) is 12.3 Å². The molecule has 0 fully saturated rings. The molecule has 2 heterocycles. The van der Waals surface area contributed by atoms with Gasteiger partial charge < -0.3 is 24.4 Å². The van der Waals surface area contributed by atoms with Crippen molar-refractivity contribution >= 4 is 39.9 Å². The third kappa shape index (κ3) is 5.83. The van der Waals surface area contributed by atoms with Gasteiger partial charge in [0, 0.05) is 62.1 Å². The number of nitro benzene ring substituents is 1. The van der Waals surface area contributed by atoms with Gasteiger partial charge in [0.15, 0.2) is 0 Å². The lowest BCUT2D eigenvalue weighted by molar-refractivity contribution is -0.384. The minimum Gasteiger partial charge on any atom is -0.462 e. The highest BCUT2D eigenvalue weighted by Gasteiger charge is 2.23. The predicted octanol–water partition coefficient (Wildman–Crippen LogP) is 4.77. The van der Waals surface area contributed by atoms with Crippen molar-refractivity contribution < 1.29 is 14.5 Å². The van der Waals surface area contributed by atoms with E-state index in [0.29, 0.717) is 23.6 Å². The molecule has 11 nitrogen and oxygen atoms in total. The number of anilines is 3. The van der Waals surface area contributed by atoms with E-state index in [1.54, 1.807) is 13.0 Å². The maximum Gasteiger partial charge on any atom is 0.341 e. The lowest BCUT2D eigenvalue weighted by Gasteiger charge is -2.22. The van der Waals surface area contributed by atoms with E-state index in [9.17, 15) is 14.9 Å². The average molecular weight is 532 g/mol. The molecule has 204 valence electrons. The Morgan fingerprint density at radius 1 is 1.18 bits per heavy atom. The van der Waals surface area contributed by atoms with Gasteiger partial charge in [0.2, 0.25) is 5.95 Å². The third-order valence-electron chi connectivity index (χ3n) is 6.49. The molecular weight excluding hydrogens is 498 g/mol. The molecule has 0 aliphatic rings. The zero-order valence-corrected chi connectivity index (χ0v) is 23.1. The van der Waals surface area contributed by atoms with Gasteiger partial charge in [-0.15, -0.1) is 0 Å². The van der Waals surface area contributed by atoms with Crippen LogP contribution in [0.25, 0.3) is 22.2 Å². The van der Waals surface area contributed by atoms with Crippen LogP contribution in [-0.2, 0) is 11.8 Å². The topological polar surface area (TPSA) is 119 Å². The number of rotatable bonds is 10. The Kier molecular flexibility index (Phi) is 8.10. The van der Waals surface area contributed by atoms with Gasteiger partial charge in [0.05, 0.1) is 22.9 Å². The van der Waals surface area contributed by atoms with Gasteiger partial charge in [-0.25, -0.2) is 14.8 Å². The summed E-state index contributed by atoms with van der Waals surface area (Å²) in [5, 5.41) is 16.0. The van der Waals surface area contributed by atoms with Crippen LogP contribution in [0.4, 0.5) is 23.0 Å². The Morgan fingerprint density at radius 2 is 1.92 bits per heavy atom. The predicted molar refractivity (Wildman–Crippen MR) is 153 cm³/mol. The fraction of sp³-hybridized carbons (Fsp3) is 0.321. The number of para-hydroxylation sites is 1. The highest BCUT2D eigenvalue weighted by Crippen LogP contribution is 2.36. The van der Waals surface area contributed by atoms with Crippen molar-refractivity contribution in [2.75, 3.05) is 51.1 Å². The van der Waals surface area contributed by atoms with Crippen molar-refractivity contribution in [3.8, 4) is 11.3 Å². The molecule has 0 atom stereocenters. The monoisotopic (exact) mass is 531 g/mol. The molecule has 2 aromatic carbocycles. The van der Waals surface area contributed by atoms with E-state index in [-0.39, 0.29) is 23.8 Å². The van der Waals surface area contributed by atoms with Gasteiger partial charge in [0.25, 0.3) is 5.69 Å². The van der Waals surface area contributed by atoms with Gasteiger partial charge in [-0.1, -0.05) is 18.2 Å². The molecule has 11 heteroatoms.